The van der Waals surface area contributed by atoms with Crippen molar-refractivity contribution in [3.8, 4) is 11.3 Å². The quantitative estimate of drug-likeness (QED) is 0.542. The third kappa shape index (κ3) is 2.78. The van der Waals surface area contributed by atoms with Gasteiger partial charge in [-0.15, -0.1) is 0 Å². The summed E-state index contributed by atoms with van der Waals surface area (Å²) in [5.74, 6) is 1.02. The third-order valence-corrected chi connectivity index (χ3v) is 7.25. The Balaban J connectivity index is 1.33. The molecular formula is C25H26N6. The molecule has 6 rings (SSSR count). The lowest BCUT2D eigenvalue weighted by Gasteiger charge is -2.42. The average molecular weight is 411 g/mol. The minimum absolute atomic E-state index is 0.0727. The zero-order valence-electron chi connectivity index (χ0n) is 17.7. The highest BCUT2D eigenvalue weighted by Gasteiger charge is 2.46. The molecule has 0 radical (unpaired) electrons. The van der Waals surface area contributed by atoms with Gasteiger partial charge in [0.15, 0.2) is 5.82 Å². The van der Waals surface area contributed by atoms with E-state index < -0.39 is 0 Å². The van der Waals surface area contributed by atoms with Crippen LogP contribution in [-0.2, 0) is 6.42 Å². The standard InChI is InChI=1S/C25H26N6/c1-17-22(18-6-3-2-4-7-18)31-21(9-13-28-31)24(29-17)30-14-10-25(11-15-30)16-20-19(23(25)26)8-5-12-27-20/h2-9,12-13,23H,10-11,14-16,26H2,1H3/t23-/m0/s1. The summed E-state index contributed by atoms with van der Waals surface area (Å²) >= 11 is 0. The second-order valence-corrected chi connectivity index (χ2v) is 8.91. The van der Waals surface area contributed by atoms with Crippen molar-refractivity contribution in [3.05, 3.63) is 77.9 Å². The molecule has 0 unspecified atom stereocenters. The molecule has 0 amide bonds. The average Bonchev–Trinajstić information content (AvgIpc) is 3.38. The first-order valence-corrected chi connectivity index (χ1v) is 11.0. The van der Waals surface area contributed by atoms with Crippen LogP contribution in [-0.4, -0.2) is 32.7 Å². The van der Waals surface area contributed by atoms with Crippen LogP contribution in [0.2, 0.25) is 0 Å². The molecule has 4 aromatic rings. The molecule has 2 N–H and O–H groups in total. The van der Waals surface area contributed by atoms with Crippen LogP contribution in [0.25, 0.3) is 16.8 Å². The highest BCUT2D eigenvalue weighted by molar-refractivity contribution is 5.75. The van der Waals surface area contributed by atoms with Gasteiger partial charge in [-0.25, -0.2) is 9.50 Å². The number of piperidine rings is 1. The molecule has 1 spiro atoms. The Kier molecular flexibility index (Phi) is 4.11. The molecule has 156 valence electrons. The molecule has 1 saturated heterocycles. The molecule has 6 heteroatoms. The number of hydrogen-bond acceptors (Lipinski definition) is 5. The topological polar surface area (TPSA) is 72.3 Å². The van der Waals surface area contributed by atoms with Gasteiger partial charge < -0.3 is 10.6 Å². The van der Waals surface area contributed by atoms with Crippen molar-refractivity contribution in [2.24, 2.45) is 11.1 Å². The number of rotatable bonds is 2. The first-order chi connectivity index (χ1) is 15.2. The van der Waals surface area contributed by atoms with Gasteiger partial charge in [-0.3, -0.25) is 4.98 Å². The Morgan fingerprint density at radius 3 is 2.58 bits per heavy atom. The first kappa shape index (κ1) is 18.5. The smallest absolute Gasteiger partial charge is 0.155 e. The minimum Gasteiger partial charge on any atom is -0.355 e. The molecule has 0 bridgehead atoms. The molecule has 0 saturated carbocycles. The van der Waals surface area contributed by atoms with E-state index in [2.05, 4.69) is 58.3 Å². The third-order valence-electron chi connectivity index (χ3n) is 7.25. The van der Waals surface area contributed by atoms with Gasteiger partial charge in [0.2, 0.25) is 0 Å². The Bertz CT molecular complexity index is 1250. The monoisotopic (exact) mass is 410 g/mol. The van der Waals surface area contributed by atoms with E-state index >= 15 is 0 Å². The second-order valence-electron chi connectivity index (χ2n) is 8.91. The summed E-state index contributed by atoms with van der Waals surface area (Å²) < 4.78 is 2.04. The minimum atomic E-state index is 0.0727. The Morgan fingerprint density at radius 2 is 1.81 bits per heavy atom. The van der Waals surface area contributed by atoms with Gasteiger partial charge in [-0.1, -0.05) is 36.4 Å². The fourth-order valence-corrected chi connectivity index (χ4v) is 5.54. The van der Waals surface area contributed by atoms with Crippen LogP contribution in [0.5, 0.6) is 0 Å². The van der Waals surface area contributed by atoms with Gasteiger partial charge >= 0.3 is 0 Å². The highest BCUT2D eigenvalue weighted by atomic mass is 15.3. The van der Waals surface area contributed by atoms with Crippen molar-refractivity contribution in [1.29, 1.82) is 0 Å². The van der Waals surface area contributed by atoms with E-state index in [1.807, 2.05) is 29.0 Å². The van der Waals surface area contributed by atoms with Crippen LogP contribution >= 0.6 is 0 Å². The summed E-state index contributed by atoms with van der Waals surface area (Å²) in [6.07, 6.45) is 6.84. The molecule has 2 aliphatic rings. The molecule has 4 heterocycles. The maximum Gasteiger partial charge on any atom is 0.155 e. The molecule has 1 aliphatic heterocycles. The molecule has 1 aromatic carbocycles. The first-order valence-electron chi connectivity index (χ1n) is 11.0. The molecule has 3 aromatic heterocycles. The maximum atomic E-state index is 6.73. The van der Waals surface area contributed by atoms with Crippen molar-refractivity contribution in [2.45, 2.75) is 32.2 Å². The summed E-state index contributed by atoms with van der Waals surface area (Å²) in [5.41, 5.74) is 13.5. The Morgan fingerprint density at radius 1 is 1.00 bits per heavy atom. The van der Waals surface area contributed by atoms with E-state index in [4.69, 9.17) is 10.7 Å². The number of hydrogen-bond donors (Lipinski definition) is 1. The van der Waals surface area contributed by atoms with Crippen LogP contribution in [0, 0.1) is 12.3 Å². The summed E-state index contributed by atoms with van der Waals surface area (Å²) in [7, 11) is 0. The van der Waals surface area contributed by atoms with Crippen LogP contribution in [0.1, 0.15) is 35.8 Å². The Labute approximate surface area is 181 Å². The fraction of sp³-hybridized carbons (Fsp3) is 0.320. The van der Waals surface area contributed by atoms with Crippen molar-refractivity contribution in [2.75, 3.05) is 18.0 Å². The number of nitrogens with two attached hydrogens (primary N) is 1. The molecule has 1 atom stereocenters. The molecule has 1 fully saturated rings. The van der Waals surface area contributed by atoms with E-state index in [0.717, 1.165) is 60.6 Å². The summed E-state index contributed by atoms with van der Waals surface area (Å²) in [4.78, 5) is 12.1. The van der Waals surface area contributed by atoms with Gasteiger partial charge in [0.05, 0.1) is 17.6 Å². The van der Waals surface area contributed by atoms with Crippen molar-refractivity contribution >= 4 is 11.3 Å². The number of nitrogens with zero attached hydrogens (tertiary/aromatic N) is 5. The van der Waals surface area contributed by atoms with Crippen LogP contribution in [0.4, 0.5) is 5.82 Å². The number of fused-ring (bicyclic) bond motifs is 2. The van der Waals surface area contributed by atoms with Crippen molar-refractivity contribution in [3.63, 3.8) is 0 Å². The molecule has 6 nitrogen and oxygen atoms in total. The number of aromatic nitrogens is 4. The predicted octanol–water partition coefficient (Wildman–Crippen LogP) is 3.94. The number of anilines is 1. The molecular weight excluding hydrogens is 384 g/mol. The van der Waals surface area contributed by atoms with E-state index in [0.29, 0.717) is 0 Å². The second kappa shape index (κ2) is 6.89. The number of pyridine rings is 1. The largest absolute Gasteiger partial charge is 0.355 e. The van der Waals surface area contributed by atoms with Crippen LogP contribution in [0.15, 0.2) is 60.9 Å². The number of benzene rings is 1. The van der Waals surface area contributed by atoms with Gasteiger partial charge in [0, 0.05) is 36.6 Å². The van der Waals surface area contributed by atoms with E-state index in [-0.39, 0.29) is 11.5 Å². The Hall–Kier alpha value is -3.25. The fourth-order valence-electron chi connectivity index (χ4n) is 5.54. The lowest BCUT2D eigenvalue weighted by molar-refractivity contribution is 0.187. The highest BCUT2D eigenvalue weighted by Crippen LogP contribution is 2.50. The van der Waals surface area contributed by atoms with Gasteiger partial charge in [-0.05, 0) is 49.3 Å². The normalized spacial score (nSPS) is 19.8. The lowest BCUT2D eigenvalue weighted by Crippen LogP contribution is -2.44. The zero-order valence-corrected chi connectivity index (χ0v) is 17.7. The van der Waals surface area contributed by atoms with Crippen molar-refractivity contribution < 1.29 is 0 Å². The van der Waals surface area contributed by atoms with E-state index in [1.54, 1.807) is 0 Å². The van der Waals surface area contributed by atoms with Gasteiger partial charge in [0.25, 0.3) is 0 Å². The van der Waals surface area contributed by atoms with E-state index in [1.165, 1.54) is 11.3 Å². The maximum absolute atomic E-state index is 6.73. The van der Waals surface area contributed by atoms with Crippen LogP contribution in [0.3, 0.4) is 0 Å². The molecule has 1 aliphatic carbocycles. The van der Waals surface area contributed by atoms with Gasteiger partial charge in [-0.2, -0.15) is 5.10 Å². The summed E-state index contributed by atoms with van der Waals surface area (Å²) in [6.45, 7) is 3.97. The van der Waals surface area contributed by atoms with Crippen LogP contribution < -0.4 is 10.6 Å². The number of aryl methyl sites for hydroxylation is 1. The SMILES string of the molecule is Cc1nc(N2CCC3(CC2)Cc2ncccc2[C@@H]3N)c2ccnn2c1-c1ccccc1. The van der Waals surface area contributed by atoms with E-state index in [9.17, 15) is 0 Å². The molecule has 31 heavy (non-hydrogen) atoms. The summed E-state index contributed by atoms with van der Waals surface area (Å²) in [6, 6.07) is 16.7. The predicted molar refractivity (Wildman–Crippen MR) is 122 cm³/mol. The van der Waals surface area contributed by atoms with Crippen molar-refractivity contribution in [1.82, 2.24) is 19.6 Å². The summed E-state index contributed by atoms with van der Waals surface area (Å²) in [5, 5.41) is 4.64. The van der Waals surface area contributed by atoms with Gasteiger partial charge in [0.1, 0.15) is 5.52 Å². The lowest BCUT2D eigenvalue weighted by atomic mass is 9.73. The zero-order chi connectivity index (χ0) is 21.0.